The van der Waals surface area contributed by atoms with Crippen LogP contribution in [0.5, 0.6) is 0 Å². The Kier molecular flexibility index (Phi) is 59.4. The Bertz CT molecular complexity index is 4660. The van der Waals surface area contributed by atoms with Crippen LogP contribution in [0.1, 0.15) is 226 Å². The third-order valence-electron chi connectivity index (χ3n) is 13.3. The first-order valence-corrected chi connectivity index (χ1v) is 44.3. The maximum absolute atomic E-state index is 12.8. The second-order valence-corrected chi connectivity index (χ2v) is 36.9. The quantitative estimate of drug-likeness (QED) is 0.0299. The van der Waals surface area contributed by atoms with Crippen molar-refractivity contribution in [1.82, 2.24) is 44.4 Å². The van der Waals surface area contributed by atoms with Crippen LogP contribution in [0.2, 0.25) is 4.34 Å². The Balaban J connectivity index is -0.000000407. The summed E-state index contributed by atoms with van der Waals surface area (Å²) in [6.07, 6.45) is 7.10. The van der Waals surface area contributed by atoms with Crippen LogP contribution >= 0.6 is 114 Å². The van der Waals surface area contributed by atoms with E-state index in [2.05, 4.69) is 58.4 Å². The Morgan fingerprint density at radius 3 is 1.44 bits per heavy atom. The highest BCUT2D eigenvalue weighted by molar-refractivity contribution is 7.91. The number of rotatable bonds is 17. The fraction of sp³-hybridized carbons (Fsp3) is 0.494. The van der Waals surface area contributed by atoms with E-state index in [-0.39, 0.29) is 113 Å². The summed E-state index contributed by atoms with van der Waals surface area (Å²) in [5.74, 6) is -0.151. The van der Waals surface area contributed by atoms with E-state index in [0.29, 0.717) is 85.0 Å². The smallest absolute Gasteiger partial charge is 0.361 e. The molecule has 0 radical (unpaired) electrons. The monoisotopic (exact) mass is 1910 g/mol. The molecular weight excluding hydrogens is 1790 g/mol. The van der Waals surface area contributed by atoms with Gasteiger partial charge in [0.2, 0.25) is 11.0 Å². The number of nitrogens with two attached hydrogens (primary N) is 4. The van der Waals surface area contributed by atoms with E-state index >= 15 is 0 Å². The highest BCUT2D eigenvalue weighted by atomic mass is 35.5. The second-order valence-electron chi connectivity index (χ2n) is 25.3. The molecule has 14 N–H and O–H groups in total. The lowest BCUT2D eigenvalue weighted by atomic mass is 9.99. The number of oxazole rings is 1. The summed E-state index contributed by atoms with van der Waals surface area (Å²) in [5.41, 5.74) is 24.0. The van der Waals surface area contributed by atoms with Gasteiger partial charge in [-0.2, -0.15) is 24.5 Å². The molecule has 44 heteroatoms. The molecule has 121 heavy (non-hydrogen) atoms. The van der Waals surface area contributed by atoms with Gasteiger partial charge in [-0.25, -0.2) is 52.7 Å². The highest BCUT2D eigenvalue weighted by Crippen LogP contribution is 2.37. The van der Waals surface area contributed by atoms with Crippen molar-refractivity contribution in [3.8, 4) is 0 Å². The number of nitrogen functional groups attached to an aromatic ring is 4. The lowest BCUT2D eigenvalue weighted by Crippen LogP contribution is -2.16. The van der Waals surface area contributed by atoms with E-state index in [0.717, 1.165) is 71.7 Å². The Labute approximate surface area is 750 Å². The molecule has 0 atom stereocenters. The number of hydrogen-bond acceptors (Lipinski definition) is 40. The van der Waals surface area contributed by atoms with Gasteiger partial charge >= 0.3 is 23.9 Å². The number of aromatic nitrogens is 9. The number of thiazole rings is 6. The van der Waals surface area contributed by atoms with Gasteiger partial charge in [0.15, 0.2) is 43.1 Å². The molecular formula is C77H122ClF2N13O18S10. The standard InChI is InChI=1S/C8H13NO3S2.C8H11NO2S.C8H12OS.C7H9NO2S.C7H11NO2.C6H6ClNO2S.C6H7FN2O2S.C6H8FNOS.C6H10N2O2.C6H10N2OS.C4H5NS.5CH4/c1-8(2,10)7-6(9)5(4-13-7)14(3,11)12;1-3-11-8(10)4-7-5-12-6(2)9-7;1-6-4-10-5-7(6)8(2,3)9;1-3-10-7(9)6-4-11-5(2)8-6;1-5-7(3-4-9)8-6(2)10-5;1-3-8-4(5(7)11-3)6(9)10-2;1-2-11-5(10)3-4(7)12-6(8)9-3;1-4-8-5(2-3-9)6(7)10-4;2*1-6(2,9)4-3-8-10-5(4)7;1-4-5-2-3-6-4;;;;;/h4,10H,9H2,1-3H3;5H,3-4H2,1-2H3;4-5,9H,1-3H3;4H,3H2,1-2H3;9H,3-4H2,1-2H3;1-2H3;2H2,1H3,(H2,8,9);9H,2-3H2,1H3;2*3,9H,7H2,1-2H3;2-3H,1H3;5*1H4. The number of thiophene rings is 2. The van der Waals surface area contributed by atoms with E-state index in [9.17, 15) is 56.8 Å². The van der Waals surface area contributed by atoms with Gasteiger partial charge in [-0.3, -0.25) is 9.78 Å². The number of methoxy groups -OCH3 is 1. The topological polar surface area (TPSA) is 507 Å². The molecule has 0 aliphatic carbocycles. The van der Waals surface area contributed by atoms with Crippen LogP contribution in [0.15, 0.2) is 64.7 Å². The van der Waals surface area contributed by atoms with Crippen LogP contribution in [-0.2, 0) is 75.2 Å². The first kappa shape index (κ1) is 122. The average Bonchev–Trinajstić information content (AvgIpc) is 1.65. The number of carbonyl (C=O) groups is 4. The van der Waals surface area contributed by atoms with Gasteiger partial charge < -0.3 is 81.5 Å². The zero-order valence-corrected chi connectivity index (χ0v) is 76.9. The molecule has 31 nitrogen and oxygen atoms in total. The van der Waals surface area contributed by atoms with Gasteiger partial charge in [-0.15, -0.1) is 56.7 Å². The predicted octanol–water partition coefficient (Wildman–Crippen LogP) is 17.4. The van der Waals surface area contributed by atoms with E-state index in [1.54, 1.807) is 135 Å². The van der Waals surface area contributed by atoms with Crippen molar-refractivity contribution in [1.29, 1.82) is 0 Å². The van der Waals surface area contributed by atoms with Crippen LogP contribution < -0.4 is 22.9 Å². The number of hydrogen-bond donors (Lipinski definition) is 10. The van der Waals surface area contributed by atoms with E-state index in [4.69, 9.17) is 58.6 Å². The number of aliphatic hydroxyl groups is 6. The molecule has 0 aliphatic rings. The number of ether oxygens (including phenoxy) is 4. The summed E-state index contributed by atoms with van der Waals surface area (Å²) in [5, 5.41) is 73.7. The lowest BCUT2D eigenvalue weighted by molar-refractivity contribution is -0.142. The fourth-order valence-corrected chi connectivity index (χ4v) is 16.1. The van der Waals surface area contributed by atoms with Crippen LogP contribution in [0.25, 0.3) is 0 Å². The van der Waals surface area contributed by atoms with Gasteiger partial charge in [0, 0.05) is 78.7 Å². The highest BCUT2D eigenvalue weighted by Gasteiger charge is 2.27. The van der Waals surface area contributed by atoms with Crippen molar-refractivity contribution in [3.63, 3.8) is 0 Å². The van der Waals surface area contributed by atoms with Gasteiger partial charge in [-0.1, -0.05) is 76.6 Å². The number of anilines is 4. The number of aliphatic hydroxyl groups excluding tert-OH is 2. The molecule has 0 fully saturated rings. The van der Waals surface area contributed by atoms with Gasteiger partial charge in [-0.05, 0) is 158 Å². The molecule has 11 aromatic rings. The second kappa shape index (κ2) is 59.1. The van der Waals surface area contributed by atoms with Crippen LogP contribution in [-0.4, -0.2) is 154 Å². The van der Waals surface area contributed by atoms with E-state index < -0.39 is 49.3 Å². The maximum Gasteiger partial charge on any atom is 0.361 e. The summed E-state index contributed by atoms with van der Waals surface area (Å²) >= 11 is 17.2. The van der Waals surface area contributed by atoms with Gasteiger partial charge in [0.05, 0.1) is 120 Å². The summed E-state index contributed by atoms with van der Waals surface area (Å²) in [7, 11) is -2.00. The van der Waals surface area contributed by atoms with Crippen molar-refractivity contribution in [3.05, 3.63) is 163 Å². The third kappa shape index (κ3) is 46.5. The number of esters is 4. The normalized spacial score (nSPS) is 10.3. The Morgan fingerprint density at radius 1 is 0.579 bits per heavy atom. The summed E-state index contributed by atoms with van der Waals surface area (Å²) in [6.45, 7) is 34.6. The zero-order valence-electron chi connectivity index (χ0n) is 68.0. The minimum Gasteiger partial charge on any atom is -0.466 e. The van der Waals surface area contributed by atoms with E-state index in [1.807, 2.05) is 70.0 Å². The number of sulfone groups is 1. The first-order valence-electron chi connectivity index (χ1n) is 34.3. The molecule has 11 rings (SSSR count). The number of halogens is 3. The largest absolute Gasteiger partial charge is 0.466 e. The molecule has 0 aliphatic heterocycles. The van der Waals surface area contributed by atoms with Crippen LogP contribution in [0, 0.1) is 65.7 Å². The molecule has 11 aromatic heterocycles. The molecule has 684 valence electrons. The van der Waals surface area contributed by atoms with Crippen molar-refractivity contribution in [2.24, 2.45) is 0 Å². The van der Waals surface area contributed by atoms with E-state index in [1.165, 1.54) is 58.5 Å². The summed E-state index contributed by atoms with van der Waals surface area (Å²) in [6, 6.07) is 0. The molecule has 11 heterocycles. The lowest BCUT2D eigenvalue weighted by Gasteiger charge is -2.16. The minimum atomic E-state index is -3.30. The SMILES string of the molecule is C.C.C.C.C.CC(C)(O)c1cnoc1N.CC(C)(O)c1cnsc1N.CC(C)(O)c1scc(S(C)(=O)=O)c1N.CCOC(=O)Cc1csc(C)n1.CCOC(=O)c1csc(C)n1.CCOC(=O)c1nc(N)sc1F.COC(=O)c1nc(C)sc1Cl.Cc1cscc1C(C)(C)O.Cc1nc(CCO)c(C)o1.Cc1nc(CCO)c(F)s1.Cc1nccs1. The summed E-state index contributed by atoms with van der Waals surface area (Å²) in [4.78, 5) is 71.7. The maximum atomic E-state index is 12.8. The zero-order chi connectivity index (χ0) is 88.8. The van der Waals surface area contributed by atoms with Crippen molar-refractivity contribution < 1.29 is 94.9 Å². The molecule has 0 bridgehead atoms. The minimum absolute atomic E-state index is 0. The Hall–Kier alpha value is -7.83. The molecule has 0 saturated heterocycles. The summed E-state index contributed by atoms with van der Waals surface area (Å²) < 4.78 is 80.3. The van der Waals surface area contributed by atoms with Gasteiger partial charge in [0.1, 0.15) is 20.0 Å². The molecule has 0 unspecified atom stereocenters. The molecule has 0 saturated carbocycles. The third-order valence-corrected chi connectivity index (χ3v) is 22.4. The van der Waals surface area contributed by atoms with Gasteiger partial charge in [0.25, 0.3) is 0 Å². The average molecular weight is 1910 g/mol. The van der Waals surface area contributed by atoms with Crippen molar-refractivity contribution >= 4 is 169 Å². The Morgan fingerprint density at radius 2 is 1.12 bits per heavy atom. The number of nitrogens with zero attached hydrogens (tertiary/aromatic N) is 9. The fourth-order valence-electron chi connectivity index (χ4n) is 8.20. The first-order chi connectivity index (χ1) is 53.8. The molecule has 0 spiro atoms. The van der Waals surface area contributed by atoms with Crippen molar-refractivity contribution in [2.45, 2.75) is 215 Å². The van der Waals surface area contributed by atoms with Crippen LogP contribution in [0.3, 0.4) is 0 Å². The van der Waals surface area contributed by atoms with Crippen molar-refractivity contribution in [2.75, 3.05) is 69.3 Å². The van der Waals surface area contributed by atoms with Crippen LogP contribution in [0.4, 0.5) is 30.5 Å². The molecule has 0 amide bonds. The molecule has 0 aromatic carbocycles. The number of carbonyl (C=O) groups excluding carboxylic acids is 4. The number of aryl methyl sites for hydroxylation is 8. The predicted molar refractivity (Wildman–Crippen MR) is 490 cm³/mol.